The fourth-order valence-electron chi connectivity index (χ4n) is 1.47. The first-order chi connectivity index (χ1) is 6.68. The Kier molecular flexibility index (Phi) is 3.04. The molecule has 1 aliphatic heterocycles. The number of hydrogen-bond acceptors (Lipinski definition) is 3. The summed E-state index contributed by atoms with van der Waals surface area (Å²) in [5.41, 5.74) is 2.00. The van der Waals surface area contributed by atoms with Crippen LogP contribution < -0.4 is 5.32 Å². The highest BCUT2D eigenvalue weighted by Crippen LogP contribution is 2.21. The summed E-state index contributed by atoms with van der Waals surface area (Å²) in [6, 6.07) is 0.659. The van der Waals surface area contributed by atoms with Crippen molar-refractivity contribution in [1.82, 2.24) is 15.1 Å². The SMILES string of the molecule is Cc1nn(C)c(CNC2CSC2)c1Cl. The van der Waals surface area contributed by atoms with Crippen LogP contribution in [0.15, 0.2) is 0 Å². The molecule has 5 heteroatoms. The van der Waals surface area contributed by atoms with Crippen LogP contribution in [0.25, 0.3) is 0 Å². The summed E-state index contributed by atoms with van der Waals surface area (Å²) >= 11 is 8.11. The number of rotatable bonds is 3. The van der Waals surface area contributed by atoms with Gasteiger partial charge in [0.15, 0.2) is 0 Å². The van der Waals surface area contributed by atoms with Gasteiger partial charge in [-0.3, -0.25) is 4.68 Å². The van der Waals surface area contributed by atoms with Gasteiger partial charge >= 0.3 is 0 Å². The first-order valence-corrected chi connectivity index (χ1v) is 6.21. The standard InChI is InChI=1S/C9H14ClN3S/c1-6-9(10)8(13(2)12-6)3-11-7-4-14-5-7/h7,11H,3-5H2,1-2H3. The minimum absolute atomic E-state index is 0.659. The third kappa shape index (κ3) is 1.92. The molecule has 0 aromatic carbocycles. The van der Waals surface area contributed by atoms with E-state index in [1.807, 2.05) is 30.4 Å². The second-order valence-corrected chi connectivity index (χ2v) is 5.04. The zero-order valence-electron chi connectivity index (χ0n) is 8.38. The summed E-state index contributed by atoms with van der Waals surface area (Å²) < 4.78 is 1.86. The molecule has 3 nitrogen and oxygen atoms in total. The molecule has 0 bridgehead atoms. The van der Waals surface area contributed by atoms with Crippen molar-refractivity contribution in [3.05, 3.63) is 16.4 Å². The van der Waals surface area contributed by atoms with Crippen LogP contribution >= 0.6 is 23.4 Å². The molecule has 14 heavy (non-hydrogen) atoms. The molecule has 1 fully saturated rings. The molecule has 1 aromatic heterocycles. The first-order valence-electron chi connectivity index (χ1n) is 4.67. The van der Waals surface area contributed by atoms with E-state index < -0.39 is 0 Å². The Labute approximate surface area is 93.2 Å². The van der Waals surface area contributed by atoms with E-state index in [9.17, 15) is 0 Å². The molecule has 78 valence electrons. The molecule has 0 unspecified atom stereocenters. The molecule has 0 atom stereocenters. The van der Waals surface area contributed by atoms with E-state index in [-0.39, 0.29) is 0 Å². The van der Waals surface area contributed by atoms with Gasteiger partial charge in [0.25, 0.3) is 0 Å². The lowest BCUT2D eigenvalue weighted by Gasteiger charge is -2.26. The van der Waals surface area contributed by atoms with Gasteiger partial charge in [-0.2, -0.15) is 16.9 Å². The average molecular weight is 232 g/mol. The Balaban J connectivity index is 2.00. The maximum absolute atomic E-state index is 6.13. The van der Waals surface area contributed by atoms with Gasteiger partial charge in [0.2, 0.25) is 0 Å². The van der Waals surface area contributed by atoms with Gasteiger partial charge in [-0.15, -0.1) is 0 Å². The highest BCUT2D eigenvalue weighted by molar-refractivity contribution is 8.00. The maximum atomic E-state index is 6.13. The van der Waals surface area contributed by atoms with Crippen LogP contribution in [0.4, 0.5) is 0 Å². The summed E-state index contributed by atoms with van der Waals surface area (Å²) in [5, 5.41) is 8.53. The molecule has 1 aliphatic rings. The van der Waals surface area contributed by atoms with Crippen LogP contribution in [0, 0.1) is 6.92 Å². The first kappa shape index (κ1) is 10.3. The summed E-state index contributed by atoms with van der Waals surface area (Å²) in [7, 11) is 1.94. The van der Waals surface area contributed by atoms with E-state index >= 15 is 0 Å². The Bertz CT molecular complexity index is 333. The predicted molar refractivity (Wildman–Crippen MR) is 60.9 cm³/mol. The Morgan fingerprint density at radius 3 is 2.79 bits per heavy atom. The van der Waals surface area contributed by atoms with Crippen LogP contribution in [-0.4, -0.2) is 27.3 Å². The van der Waals surface area contributed by atoms with Crippen LogP contribution in [0.2, 0.25) is 5.02 Å². The number of hydrogen-bond donors (Lipinski definition) is 1. The predicted octanol–water partition coefficient (Wildman–Crippen LogP) is 1.59. The lowest BCUT2D eigenvalue weighted by Crippen LogP contribution is -2.40. The number of nitrogens with one attached hydrogen (secondary N) is 1. The normalized spacial score (nSPS) is 17.1. The molecule has 0 amide bonds. The van der Waals surface area contributed by atoms with Crippen LogP contribution in [0.1, 0.15) is 11.4 Å². The zero-order valence-corrected chi connectivity index (χ0v) is 9.95. The summed E-state index contributed by atoms with van der Waals surface area (Å²) in [6.45, 7) is 2.76. The van der Waals surface area contributed by atoms with Crippen molar-refractivity contribution in [1.29, 1.82) is 0 Å². The molecule has 0 radical (unpaired) electrons. The third-order valence-corrected chi connectivity index (χ3v) is 4.23. The van der Waals surface area contributed by atoms with E-state index in [0.29, 0.717) is 6.04 Å². The van der Waals surface area contributed by atoms with E-state index in [2.05, 4.69) is 10.4 Å². The Morgan fingerprint density at radius 2 is 2.36 bits per heavy atom. The van der Waals surface area contributed by atoms with Gasteiger partial charge in [-0.1, -0.05) is 11.6 Å². The topological polar surface area (TPSA) is 29.9 Å². The molecule has 1 saturated heterocycles. The summed E-state index contributed by atoms with van der Waals surface area (Å²) in [5.74, 6) is 2.43. The molecular formula is C9H14ClN3S. The van der Waals surface area contributed by atoms with Crippen molar-refractivity contribution in [3.8, 4) is 0 Å². The highest BCUT2D eigenvalue weighted by Gasteiger charge is 2.19. The molecule has 0 saturated carbocycles. The summed E-state index contributed by atoms with van der Waals surface area (Å²) in [4.78, 5) is 0. The Hall–Kier alpha value is -0.190. The monoisotopic (exact) mass is 231 g/mol. The second-order valence-electron chi connectivity index (χ2n) is 3.58. The minimum atomic E-state index is 0.659. The molecule has 0 aliphatic carbocycles. The molecule has 1 N–H and O–H groups in total. The maximum Gasteiger partial charge on any atom is 0.0860 e. The van der Waals surface area contributed by atoms with Gasteiger partial charge in [-0.25, -0.2) is 0 Å². The van der Waals surface area contributed by atoms with E-state index in [4.69, 9.17) is 11.6 Å². The van der Waals surface area contributed by atoms with Crippen molar-refractivity contribution in [3.63, 3.8) is 0 Å². The van der Waals surface area contributed by atoms with Crippen molar-refractivity contribution in [2.45, 2.75) is 19.5 Å². The van der Waals surface area contributed by atoms with Gasteiger partial charge in [0, 0.05) is 31.1 Å². The summed E-state index contributed by atoms with van der Waals surface area (Å²) in [6.07, 6.45) is 0. The molecule has 0 spiro atoms. The second kappa shape index (κ2) is 4.13. The molecule has 1 aromatic rings. The quantitative estimate of drug-likeness (QED) is 0.857. The lowest BCUT2D eigenvalue weighted by molar-refractivity contribution is 0.555. The van der Waals surface area contributed by atoms with Crippen molar-refractivity contribution < 1.29 is 0 Å². The number of nitrogens with zero attached hydrogens (tertiary/aromatic N) is 2. The molecule has 2 rings (SSSR count). The van der Waals surface area contributed by atoms with Gasteiger partial charge < -0.3 is 5.32 Å². The van der Waals surface area contributed by atoms with E-state index in [0.717, 1.165) is 23.0 Å². The van der Waals surface area contributed by atoms with Crippen molar-refractivity contribution in [2.75, 3.05) is 11.5 Å². The lowest BCUT2D eigenvalue weighted by atomic mass is 10.3. The zero-order chi connectivity index (χ0) is 10.1. The number of aryl methyl sites for hydroxylation is 2. The van der Waals surface area contributed by atoms with Gasteiger partial charge in [0.05, 0.1) is 16.4 Å². The van der Waals surface area contributed by atoms with Crippen LogP contribution in [0.5, 0.6) is 0 Å². The number of halogens is 1. The van der Waals surface area contributed by atoms with Crippen molar-refractivity contribution >= 4 is 23.4 Å². The molecular weight excluding hydrogens is 218 g/mol. The number of aromatic nitrogens is 2. The number of thioether (sulfide) groups is 1. The largest absolute Gasteiger partial charge is 0.307 e. The fraction of sp³-hybridized carbons (Fsp3) is 0.667. The fourth-order valence-corrected chi connectivity index (χ4v) is 2.40. The Morgan fingerprint density at radius 1 is 1.64 bits per heavy atom. The van der Waals surface area contributed by atoms with Crippen LogP contribution in [0.3, 0.4) is 0 Å². The third-order valence-electron chi connectivity index (χ3n) is 2.46. The minimum Gasteiger partial charge on any atom is -0.307 e. The average Bonchev–Trinajstić information content (AvgIpc) is 2.28. The van der Waals surface area contributed by atoms with Crippen LogP contribution in [-0.2, 0) is 13.6 Å². The van der Waals surface area contributed by atoms with E-state index in [1.165, 1.54) is 11.5 Å². The van der Waals surface area contributed by atoms with Gasteiger partial charge in [0.1, 0.15) is 0 Å². The van der Waals surface area contributed by atoms with E-state index in [1.54, 1.807) is 0 Å². The van der Waals surface area contributed by atoms with Crippen molar-refractivity contribution in [2.24, 2.45) is 7.05 Å². The molecule has 2 heterocycles. The highest BCUT2D eigenvalue weighted by atomic mass is 35.5. The van der Waals surface area contributed by atoms with Gasteiger partial charge in [-0.05, 0) is 6.92 Å². The smallest absolute Gasteiger partial charge is 0.0860 e.